The van der Waals surface area contributed by atoms with Gasteiger partial charge in [0.1, 0.15) is 6.61 Å². The molecule has 0 bridgehead atoms. The quantitative estimate of drug-likeness (QED) is 0.456. The first kappa shape index (κ1) is 7.98. The van der Waals surface area contributed by atoms with Crippen molar-refractivity contribution in [2.75, 3.05) is 13.3 Å². The fourth-order valence-electron chi connectivity index (χ4n) is 0.204. The second kappa shape index (κ2) is 5.12. The molecule has 1 unspecified atom stereocenters. The molecule has 0 fully saturated rings. The fourth-order valence-corrected chi connectivity index (χ4v) is 0.611. The third kappa shape index (κ3) is 4.15. The van der Waals surface area contributed by atoms with Crippen LogP contribution in [0.4, 0.5) is 0 Å². The molecule has 0 spiro atoms. The van der Waals surface area contributed by atoms with Gasteiger partial charge in [0, 0.05) is 4.57 Å². The molecule has 0 aromatic carbocycles. The molecular weight excluding hydrogens is 129 g/mol. The Kier molecular flexibility index (Phi) is 5.11. The molecule has 0 aliphatic heterocycles. The molecule has 1 atom stereocenters. The minimum absolute atomic E-state index is 0.0603. The predicted octanol–water partition coefficient (Wildman–Crippen LogP) is 0.613. The van der Waals surface area contributed by atoms with Crippen LogP contribution in [0.1, 0.15) is 6.92 Å². The van der Waals surface area contributed by atoms with Gasteiger partial charge in [0.15, 0.2) is 6.73 Å². The first-order valence-electron chi connectivity index (χ1n) is 2.24. The molecule has 0 saturated carbocycles. The number of nitrogens with two attached hydrogens (primary N) is 1. The van der Waals surface area contributed by atoms with Gasteiger partial charge in [0.05, 0.1) is 0 Å². The van der Waals surface area contributed by atoms with Crippen molar-refractivity contribution < 1.29 is 13.6 Å². The maximum absolute atomic E-state index is 10.3. The lowest BCUT2D eigenvalue weighted by molar-refractivity contribution is 0.239. The lowest BCUT2D eigenvalue weighted by Crippen LogP contribution is -1.99. The number of hydrogen-bond acceptors (Lipinski definition) is 4. The van der Waals surface area contributed by atoms with Gasteiger partial charge in [-0.15, -0.1) is 9.05 Å². The van der Waals surface area contributed by atoms with Gasteiger partial charge in [-0.05, 0) is 6.92 Å². The van der Waals surface area contributed by atoms with Gasteiger partial charge >= 0.3 is 8.25 Å². The van der Waals surface area contributed by atoms with Crippen LogP contribution in [-0.2, 0) is 13.6 Å². The molecule has 0 aliphatic rings. The second-order valence-electron chi connectivity index (χ2n) is 0.937. The highest BCUT2D eigenvalue weighted by atomic mass is 31.1. The third-order valence-corrected chi connectivity index (χ3v) is 1.24. The van der Waals surface area contributed by atoms with E-state index < -0.39 is 8.25 Å². The Morgan fingerprint density at radius 3 is 2.62 bits per heavy atom. The maximum atomic E-state index is 10.3. The Hall–Kier alpha value is -0.0200. The molecule has 0 aromatic heterocycles. The summed E-state index contributed by atoms with van der Waals surface area (Å²) >= 11 is 0. The molecule has 0 amide bonds. The molecule has 0 rings (SSSR count). The van der Waals surface area contributed by atoms with Crippen molar-refractivity contribution in [1.29, 1.82) is 0 Å². The van der Waals surface area contributed by atoms with Gasteiger partial charge in [0.25, 0.3) is 0 Å². The van der Waals surface area contributed by atoms with E-state index in [1.165, 1.54) is 0 Å². The van der Waals surface area contributed by atoms with Crippen molar-refractivity contribution in [3.63, 3.8) is 0 Å². The van der Waals surface area contributed by atoms with Crippen molar-refractivity contribution in [1.82, 2.24) is 0 Å². The Bertz CT molecular complexity index is 68.9. The smallest absolute Gasteiger partial charge is 0.304 e. The maximum Gasteiger partial charge on any atom is 0.698 e. The van der Waals surface area contributed by atoms with E-state index in [0.717, 1.165) is 0 Å². The fraction of sp³-hybridized carbons (Fsp3) is 1.00. The summed E-state index contributed by atoms with van der Waals surface area (Å²) in [6, 6.07) is 0. The van der Waals surface area contributed by atoms with E-state index in [2.05, 4.69) is 9.05 Å². The largest absolute Gasteiger partial charge is 0.698 e. The van der Waals surface area contributed by atoms with Gasteiger partial charge in [-0.2, -0.15) is 0 Å². The van der Waals surface area contributed by atoms with Crippen LogP contribution in [0.3, 0.4) is 0 Å². The zero-order valence-electron chi connectivity index (χ0n) is 4.66. The molecule has 0 saturated heterocycles. The Morgan fingerprint density at radius 1 is 1.62 bits per heavy atom. The normalized spacial score (nSPS) is 11.5. The molecular formula is C3H9NO3P+. The van der Waals surface area contributed by atoms with E-state index in [1.807, 2.05) is 0 Å². The standard InChI is InChI=1S/C3H9NO3P/c1-2-6-8(5)7-3-4/h2-4H2,1H3/q+1. The van der Waals surface area contributed by atoms with Crippen LogP contribution >= 0.6 is 8.25 Å². The first-order chi connectivity index (χ1) is 3.81. The second-order valence-corrected chi connectivity index (χ2v) is 1.90. The van der Waals surface area contributed by atoms with Crippen molar-refractivity contribution in [2.24, 2.45) is 5.73 Å². The van der Waals surface area contributed by atoms with Gasteiger partial charge in [0.2, 0.25) is 0 Å². The van der Waals surface area contributed by atoms with Crippen LogP contribution in [0.2, 0.25) is 0 Å². The summed E-state index contributed by atoms with van der Waals surface area (Å²) in [6.45, 7) is 2.05. The monoisotopic (exact) mass is 138 g/mol. The van der Waals surface area contributed by atoms with Crippen LogP contribution in [0.15, 0.2) is 0 Å². The Balaban J connectivity index is 3.06. The summed E-state index contributed by atoms with van der Waals surface area (Å²) in [4.78, 5) is 0. The van der Waals surface area contributed by atoms with Crippen LogP contribution in [0.25, 0.3) is 0 Å². The average Bonchev–Trinajstić information content (AvgIpc) is 1.68. The summed E-state index contributed by atoms with van der Waals surface area (Å²) in [5.41, 5.74) is 4.87. The van der Waals surface area contributed by atoms with Crippen LogP contribution in [-0.4, -0.2) is 13.3 Å². The van der Waals surface area contributed by atoms with Crippen molar-refractivity contribution in [3.05, 3.63) is 0 Å². The predicted molar refractivity (Wildman–Crippen MR) is 29.4 cm³/mol. The third-order valence-electron chi connectivity index (χ3n) is 0.414. The van der Waals surface area contributed by atoms with E-state index in [4.69, 9.17) is 5.73 Å². The van der Waals surface area contributed by atoms with E-state index in [9.17, 15) is 4.57 Å². The molecule has 0 heterocycles. The van der Waals surface area contributed by atoms with Crippen molar-refractivity contribution in [3.8, 4) is 0 Å². The topological polar surface area (TPSA) is 61.5 Å². The molecule has 0 aromatic rings. The van der Waals surface area contributed by atoms with Gasteiger partial charge in [-0.1, -0.05) is 0 Å². The summed E-state index contributed by atoms with van der Waals surface area (Å²) in [5, 5.41) is 0. The summed E-state index contributed by atoms with van der Waals surface area (Å²) in [7, 11) is -1.96. The molecule has 5 heteroatoms. The summed E-state index contributed by atoms with van der Waals surface area (Å²) in [5.74, 6) is 0. The minimum atomic E-state index is -1.96. The lowest BCUT2D eigenvalue weighted by atomic mass is 10.9. The highest BCUT2D eigenvalue weighted by Crippen LogP contribution is 2.21. The SMILES string of the molecule is CCO[P+](=O)OCN. The summed E-state index contributed by atoms with van der Waals surface area (Å²) < 4.78 is 19.1. The first-order valence-corrected chi connectivity index (χ1v) is 3.34. The molecule has 48 valence electrons. The van der Waals surface area contributed by atoms with E-state index in [1.54, 1.807) is 6.92 Å². The Morgan fingerprint density at radius 2 is 2.25 bits per heavy atom. The van der Waals surface area contributed by atoms with Crippen LogP contribution < -0.4 is 5.73 Å². The van der Waals surface area contributed by atoms with E-state index in [-0.39, 0.29) is 6.73 Å². The molecule has 0 aliphatic carbocycles. The van der Waals surface area contributed by atoms with Crippen molar-refractivity contribution >= 4 is 8.25 Å². The molecule has 0 radical (unpaired) electrons. The van der Waals surface area contributed by atoms with Crippen LogP contribution in [0, 0.1) is 0 Å². The Labute approximate surface area is 48.9 Å². The summed E-state index contributed by atoms with van der Waals surface area (Å²) in [6.07, 6.45) is 0. The highest BCUT2D eigenvalue weighted by Gasteiger charge is 2.16. The van der Waals surface area contributed by atoms with E-state index in [0.29, 0.717) is 6.61 Å². The van der Waals surface area contributed by atoms with E-state index >= 15 is 0 Å². The highest BCUT2D eigenvalue weighted by molar-refractivity contribution is 7.33. The minimum Gasteiger partial charge on any atom is -0.304 e. The number of hydrogen-bond donors (Lipinski definition) is 1. The zero-order valence-corrected chi connectivity index (χ0v) is 5.56. The molecule has 8 heavy (non-hydrogen) atoms. The van der Waals surface area contributed by atoms with Crippen LogP contribution in [0.5, 0.6) is 0 Å². The van der Waals surface area contributed by atoms with Gasteiger partial charge in [-0.25, -0.2) is 0 Å². The molecule has 4 nitrogen and oxygen atoms in total. The molecule has 2 N–H and O–H groups in total. The van der Waals surface area contributed by atoms with Crippen molar-refractivity contribution in [2.45, 2.75) is 6.92 Å². The lowest BCUT2D eigenvalue weighted by Gasteiger charge is -1.79. The van der Waals surface area contributed by atoms with Gasteiger partial charge < -0.3 is 5.73 Å². The zero-order chi connectivity index (χ0) is 6.41. The van der Waals surface area contributed by atoms with Gasteiger partial charge in [-0.3, -0.25) is 0 Å². The number of rotatable bonds is 4. The average molecular weight is 138 g/mol.